The molecule has 43 heavy (non-hydrogen) atoms. The number of aliphatic hydroxyl groups is 1. The van der Waals surface area contributed by atoms with Crippen molar-refractivity contribution in [3.05, 3.63) is 12.7 Å². The Kier molecular flexibility index (Phi) is 13.3. The average Bonchev–Trinajstić information content (AvgIpc) is 3.38. The summed E-state index contributed by atoms with van der Waals surface area (Å²) in [6.07, 6.45) is 0.601. The summed E-state index contributed by atoms with van der Waals surface area (Å²) in [6.45, 7) is 4.73. The summed E-state index contributed by atoms with van der Waals surface area (Å²) in [5.74, 6) is 0.653. The van der Waals surface area contributed by atoms with E-state index >= 15 is 0 Å². The van der Waals surface area contributed by atoms with Gasteiger partial charge < -0.3 is 19.6 Å². The lowest BCUT2D eigenvalue weighted by Gasteiger charge is -2.35. The van der Waals surface area contributed by atoms with E-state index in [-0.39, 0.29) is 6.42 Å². The van der Waals surface area contributed by atoms with Crippen LogP contribution in [0.2, 0.25) is 0 Å². The van der Waals surface area contributed by atoms with Crippen molar-refractivity contribution in [3.8, 4) is 0 Å². The van der Waals surface area contributed by atoms with Crippen LogP contribution in [0.4, 0.5) is 5.82 Å². The molecule has 246 valence electrons. The monoisotopic (exact) mass is 805 g/mol. The molecule has 1 aliphatic heterocycles. The molecule has 3 rings (SSSR count). The van der Waals surface area contributed by atoms with Gasteiger partial charge in [-0.15, -0.1) is 14.0 Å². The smallest absolute Gasteiger partial charge is 0.390 e. The highest BCUT2D eigenvalue weighted by molar-refractivity contribution is 9.29. The number of aromatic nitrogens is 4. The van der Waals surface area contributed by atoms with Crippen LogP contribution in [0.25, 0.3) is 11.2 Å². The van der Waals surface area contributed by atoms with Gasteiger partial charge in [-0.1, -0.05) is 0 Å². The van der Waals surface area contributed by atoms with Crippen LogP contribution >= 0.6 is 54.9 Å². The van der Waals surface area contributed by atoms with Gasteiger partial charge in [0.25, 0.3) is 2.72 Å². The van der Waals surface area contributed by atoms with Gasteiger partial charge in [0.1, 0.15) is 18.7 Å². The van der Waals surface area contributed by atoms with Crippen LogP contribution in [0.3, 0.4) is 0 Å². The summed E-state index contributed by atoms with van der Waals surface area (Å²) < 4.78 is 68.4. The zero-order valence-corrected chi connectivity index (χ0v) is 29.4. The molecule has 2 N–H and O–H groups in total. The largest absolute Gasteiger partial charge is 0.509 e. The minimum Gasteiger partial charge on any atom is -0.390 e. The van der Waals surface area contributed by atoms with Gasteiger partial charge in [0, 0.05) is 13.1 Å². The van der Waals surface area contributed by atoms with Gasteiger partial charge in [0.2, 0.25) is 0 Å². The fourth-order valence-corrected chi connectivity index (χ4v) is 10.6. The first-order chi connectivity index (χ1) is 20.2. The Morgan fingerprint density at radius 1 is 1.05 bits per heavy atom. The molecule has 19 nitrogen and oxygen atoms in total. The predicted molar refractivity (Wildman–Crippen MR) is 155 cm³/mol. The lowest BCUT2D eigenvalue weighted by molar-refractivity contribution is -0.209. The number of nitrogens with zero attached hydrogens (tertiary/aromatic N) is 5. The maximum absolute atomic E-state index is 13.6. The maximum atomic E-state index is 13.6. The van der Waals surface area contributed by atoms with Crippen LogP contribution in [0.5, 0.6) is 0 Å². The van der Waals surface area contributed by atoms with E-state index in [1.807, 2.05) is 18.7 Å². The summed E-state index contributed by atoms with van der Waals surface area (Å²) in [7, 11) is -12.8. The molecule has 1 saturated heterocycles. The van der Waals surface area contributed by atoms with Crippen molar-refractivity contribution >= 4 is 71.9 Å². The number of hydrogen-bond donors (Lipinski definition) is 2. The normalized spacial score (nSPS) is 23.9. The lowest BCUT2D eigenvalue weighted by Crippen LogP contribution is -2.40. The summed E-state index contributed by atoms with van der Waals surface area (Å²) in [4.78, 5) is 38.5. The number of aliphatic hydroxyl groups excluding tert-OH is 1. The number of fused-ring (bicyclic) bond motifs is 1. The molecule has 3 unspecified atom stereocenters. The third kappa shape index (κ3) is 8.11. The van der Waals surface area contributed by atoms with Crippen molar-refractivity contribution in [1.82, 2.24) is 19.5 Å². The number of alkyl halides is 2. The fraction of sp³-hybridized carbons (Fsp3) is 0.737. The molecule has 0 aromatic carbocycles. The first-order valence-corrected chi connectivity index (χ1v) is 18.6. The summed E-state index contributed by atoms with van der Waals surface area (Å²) >= 11 is 5.38. The molecule has 0 spiro atoms. The molecular formula is C19H32Br2N5O14P3. The number of anilines is 1. The third-order valence-corrected chi connectivity index (χ3v) is 17.3. The van der Waals surface area contributed by atoms with E-state index in [9.17, 15) is 23.7 Å². The highest BCUT2D eigenvalue weighted by Gasteiger charge is 2.66. The number of rotatable bonds is 17. The van der Waals surface area contributed by atoms with Gasteiger partial charge in [0.15, 0.2) is 17.0 Å². The molecule has 0 aliphatic carbocycles. The molecule has 0 radical (unpaired) electrons. The molecule has 2 aromatic heterocycles. The zero-order chi connectivity index (χ0) is 32.1. The Morgan fingerprint density at radius 2 is 1.70 bits per heavy atom. The van der Waals surface area contributed by atoms with Crippen molar-refractivity contribution in [3.63, 3.8) is 0 Å². The SMILES string of the molecule is CCN(CC)c1ncnc2c1ncn2[C@H]1CC[C@H](O)[C@@H](COP(=O)(OOC)OP(=O)(OOC)C(Br)(Br)P(=O)(O)OOC)O1. The minimum atomic E-state index is -5.24. The van der Waals surface area contributed by atoms with E-state index in [0.29, 0.717) is 36.5 Å². The molecule has 6 atom stereocenters. The molecule has 3 heterocycles. The van der Waals surface area contributed by atoms with E-state index < -0.39 is 50.8 Å². The van der Waals surface area contributed by atoms with Gasteiger partial charge in [0.05, 0.1) is 40.4 Å². The first-order valence-electron chi connectivity index (χ1n) is 12.4. The van der Waals surface area contributed by atoms with Gasteiger partial charge in [-0.3, -0.25) is 18.2 Å². The standard InChI is InChI=1S/C19H32Br2N5O14P3/c1-6-25(7-2)17-16-18(23-11-22-17)26(12-24-16)15-9-8-13(27)14(36-15)10-35-43(31,39-34-5)40-42(30,38-33-4)19(20,21)41(28,29)37-32-3/h11-15,27H,6-10H2,1-5H3,(H,28,29)/t13-,14+,15+,42?,43?/m0/s1. The van der Waals surface area contributed by atoms with Crippen molar-refractivity contribution in [2.75, 3.05) is 45.9 Å². The minimum absolute atomic E-state index is 0.224. The molecular weight excluding hydrogens is 775 g/mol. The Labute approximate surface area is 263 Å². The number of imidazole rings is 1. The topological polar surface area (TPSA) is 222 Å². The lowest BCUT2D eigenvalue weighted by atomic mass is 10.0. The second-order valence-corrected chi connectivity index (χ2v) is 20.4. The van der Waals surface area contributed by atoms with Crippen LogP contribution in [0.1, 0.15) is 32.9 Å². The van der Waals surface area contributed by atoms with E-state index in [1.54, 1.807) is 4.57 Å². The van der Waals surface area contributed by atoms with Gasteiger partial charge in [-0.05, 0) is 58.5 Å². The van der Waals surface area contributed by atoms with E-state index in [0.717, 1.165) is 21.3 Å². The highest BCUT2D eigenvalue weighted by atomic mass is 79.9. The zero-order valence-electron chi connectivity index (χ0n) is 23.5. The maximum Gasteiger partial charge on any atom is 0.509 e. The molecule has 24 heteroatoms. The number of halogens is 2. The molecule has 0 amide bonds. The number of ether oxygens (including phenoxy) is 1. The molecule has 0 bridgehead atoms. The fourth-order valence-electron chi connectivity index (χ4n) is 3.97. The number of hydrogen-bond acceptors (Lipinski definition) is 17. The van der Waals surface area contributed by atoms with E-state index in [2.05, 4.69) is 75.5 Å². The van der Waals surface area contributed by atoms with E-state index in [1.165, 1.54) is 12.7 Å². The first kappa shape index (κ1) is 37.0. The van der Waals surface area contributed by atoms with Crippen molar-refractivity contribution < 1.29 is 66.0 Å². The molecule has 0 saturated carbocycles. The summed E-state index contributed by atoms with van der Waals surface area (Å²) in [5, 5.41) is 10.6. The van der Waals surface area contributed by atoms with Gasteiger partial charge >= 0.3 is 23.0 Å². The third-order valence-electron chi connectivity index (χ3n) is 5.97. The van der Waals surface area contributed by atoms with Crippen molar-refractivity contribution in [1.29, 1.82) is 0 Å². The molecule has 2 aromatic rings. The van der Waals surface area contributed by atoms with Crippen LogP contribution in [0.15, 0.2) is 12.7 Å². The Bertz CT molecular complexity index is 1370. The number of phosphoric acid groups is 1. The Morgan fingerprint density at radius 3 is 2.30 bits per heavy atom. The van der Waals surface area contributed by atoms with E-state index in [4.69, 9.17) is 13.6 Å². The summed E-state index contributed by atoms with van der Waals surface area (Å²) in [6, 6.07) is 0. The quantitative estimate of drug-likeness (QED) is 0.0981. The van der Waals surface area contributed by atoms with Crippen molar-refractivity contribution in [2.45, 2.75) is 47.8 Å². The van der Waals surface area contributed by atoms with Crippen LogP contribution in [-0.2, 0) is 56.0 Å². The predicted octanol–water partition coefficient (Wildman–Crippen LogP) is 4.37. The van der Waals surface area contributed by atoms with Crippen LogP contribution in [0, 0.1) is 0 Å². The summed E-state index contributed by atoms with van der Waals surface area (Å²) in [5.41, 5.74) is 1.05. The Hall–Kier alpha value is -0.440. The molecule has 1 fully saturated rings. The van der Waals surface area contributed by atoms with Crippen LogP contribution < -0.4 is 4.90 Å². The van der Waals surface area contributed by atoms with Crippen molar-refractivity contribution in [2.24, 2.45) is 0 Å². The van der Waals surface area contributed by atoms with Crippen LogP contribution in [-0.4, -0.2) is 85.5 Å². The second kappa shape index (κ2) is 15.4. The van der Waals surface area contributed by atoms with Gasteiger partial charge in [-0.2, -0.15) is 0 Å². The Balaban J connectivity index is 1.84. The second-order valence-electron chi connectivity index (χ2n) is 8.54. The highest BCUT2D eigenvalue weighted by Crippen LogP contribution is 2.85. The van der Waals surface area contributed by atoms with Gasteiger partial charge in [-0.25, -0.2) is 38.5 Å². The average molecular weight is 807 g/mol. The molecule has 1 aliphatic rings.